The number of fused-ring (bicyclic) bond motifs is 2. The van der Waals surface area contributed by atoms with Gasteiger partial charge in [0.25, 0.3) is 0 Å². The SMILES string of the molecule is CCN(CC)CCOc1ccc2cc3[c]([Pt][Cl])cc(OCCN(CC)CC)cc3nc2c1. The topological polar surface area (TPSA) is 37.8 Å². The van der Waals surface area contributed by atoms with Gasteiger partial charge >= 0.3 is 191 Å². The first kappa shape index (κ1) is 25.2. The maximum atomic E-state index is 6.39. The summed E-state index contributed by atoms with van der Waals surface area (Å²) >= 11 is -0.624. The molecule has 0 fully saturated rings. The molecule has 0 aliphatic carbocycles. The van der Waals surface area contributed by atoms with E-state index in [1.54, 1.807) is 0 Å². The quantitative estimate of drug-likeness (QED) is 0.254. The molecule has 1 aromatic heterocycles. The second-order valence-corrected chi connectivity index (χ2v) is 10.2. The molecule has 0 radical (unpaired) electrons. The summed E-state index contributed by atoms with van der Waals surface area (Å²) in [7, 11) is 6.39. The Hall–Kier alpha value is -1.39. The Labute approximate surface area is 204 Å². The first-order valence-electron chi connectivity index (χ1n) is 11.4. The standard InChI is InChI=1S/C25H34N3O2.ClH.Pt/c1-5-27(6-2)13-15-29-22-11-9-20-17-21-10-12-23(19-25(21)26-24(20)18-22)30-16-14-28(7-3)8-4;;/h9,11-12,17-19H,5-8,13-16H2,1-4H3;1H;/q;;+1/p-1. The van der Waals surface area contributed by atoms with Crippen LogP contribution in [0.2, 0.25) is 0 Å². The van der Waals surface area contributed by atoms with Crippen LogP contribution >= 0.6 is 9.42 Å². The van der Waals surface area contributed by atoms with Crippen molar-refractivity contribution >= 4 is 35.2 Å². The molecule has 0 atom stereocenters. The molecule has 178 valence electrons. The van der Waals surface area contributed by atoms with E-state index in [4.69, 9.17) is 23.9 Å². The van der Waals surface area contributed by atoms with Crippen LogP contribution in [0.3, 0.4) is 0 Å². The van der Waals surface area contributed by atoms with Crippen LogP contribution in [-0.4, -0.2) is 67.3 Å². The van der Waals surface area contributed by atoms with Crippen LogP contribution in [0, 0.1) is 0 Å². The number of likely N-dealkylation sites (N-methyl/N-ethyl adjacent to an activating group) is 2. The van der Waals surface area contributed by atoms with Crippen LogP contribution in [0.4, 0.5) is 0 Å². The average Bonchev–Trinajstić information content (AvgIpc) is 2.82. The van der Waals surface area contributed by atoms with Gasteiger partial charge in [-0.05, 0) is 0 Å². The summed E-state index contributed by atoms with van der Waals surface area (Å²) in [5, 5.41) is 2.21. The van der Waals surface area contributed by atoms with Crippen molar-refractivity contribution in [2.24, 2.45) is 0 Å². The minimum atomic E-state index is -0.624. The van der Waals surface area contributed by atoms with E-state index < -0.39 is 17.5 Å². The fraction of sp³-hybridized carbons (Fsp3) is 0.480. The number of aromatic nitrogens is 1. The van der Waals surface area contributed by atoms with Gasteiger partial charge in [0.05, 0.1) is 0 Å². The maximum absolute atomic E-state index is 6.39. The zero-order valence-corrected chi connectivity index (χ0v) is 22.5. The molecule has 1 heterocycles. The van der Waals surface area contributed by atoms with Gasteiger partial charge in [0, 0.05) is 0 Å². The van der Waals surface area contributed by atoms with Gasteiger partial charge in [-0.3, -0.25) is 0 Å². The molecule has 0 saturated heterocycles. The summed E-state index contributed by atoms with van der Waals surface area (Å²) in [6.07, 6.45) is 0. The number of nitrogens with zero attached hydrogens (tertiary/aromatic N) is 3. The van der Waals surface area contributed by atoms with Gasteiger partial charge < -0.3 is 0 Å². The number of halogens is 1. The summed E-state index contributed by atoms with van der Waals surface area (Å²) in [5.41, 5.74) is 1.85. The summed E-state index contributed by atoms with van der Waals surface area (Å²) in [4.78, 5) is 9.64. The van der Waals surface area contributed by atoms with E-state index in [9.17, 15) is 0 Å². The van der Waals surface area contributed by atoms with Crippen LogP contribution in [0.5, 0.6) is 11.5 Å². The van der Waals surface area contributed by atoms with Crippen molar-refractivity contribution in [1.29, 1.82) is 0 Å². The van der Waals surface area contributed by atoms with E-state index >= 15 is 0 Å². The fourth-order valence-corrected chi connectivity index (χ4v) is 5.65. The first-order valence-corrected chi connectivity index (χ1v) is 15.4. The van der Waals surface area contributed by atoms with E-state index in [0.717, 1.165) is 76.5 Å². The van der Waals surface area contributed by atoms with Crippen LogP contribution in [-0.2, 0) is 17.5 Å². The summed E-state index contributed by atoms with van der Waals surface area (Å²) in [6.45, 7) is 16.0. The van der Waals surface area contributed by atoms with Gasteiger partial charge in [-0.2, -0.15) is 0 Å². The Morgan fingerprint density at radius 1 is 0.781 bits per heavy atom. The second kappa shape index (κ2) is 12.7. The molecule has 0 spiro atoms. The van der Waals surface area contributed by atoms with Crippen molar-refractivity contribution in [3.8, 4) is 11.5 Å². The Morgan fingerprint density at radius 3 is 1.97 bits per heavy atom. The molecule has 0 saturated carbocycles. The van der Waals surface area contributed by atoms with Crippen molar-refractivity contribution in [2.75, 3.05) is 52.5 Å². The van der Waals surface area contributed by atoms with Gasteiger partial charge in [0.2, 0.25) is 0 Å². The number of ether oxygens (including phenoxy) is 2. The zero-order chi connectivity index (χ0) is 22.9. The first-order chi connectivity index (χ1) is 15.6. The molecular formula is C25H34ClN3O2Pt. The molecule has 3 aromatic rings. The molecule has 32 heavy (non-hydrogen) atoms. The van der Waals surface area contributed by atoms with E-state index in [-0.39, 0.29) is 0 Å². The van der Waals surface area contributed by atoms with E-state index in [1.165, 1.54) is 0 Å². The summed E-state index contributed by atoms with van der Waals surface area (Å²) < 4.78 is 13.2. The van der Waals surface area contributed by atoms with E-state index in [0.29, 0.717) is 13.2 Å². The van der Waals surface area contributed by atoms with Crippen molar-refractivity contribution in [1.82, 2.24) is 14.8 Å². The van der Waals surface area contributed by atoms with Crippen LogP contribution in [0.25, 0.3) is 21.8 Å². The molecular weight excluding hydrogens is 605 g/mol. The number of pyridine rings is 1. The van der Waals surface area contributed by atoms with Crippen molar-refractivity contribution < 1.29 is 27.0 Å². The van der Waals surface area contributed by atoms with Gasteiger partial charge in [-0.15, -0.1) is 0 Å². The van der Waals surface area contributed by atoms with Crippen LogP contribution in [0.1, 0.15) is 27.7 Å². The third-order valence-electron chi connectivity index (χ3n) is 5.80. The molecule has 3 rings (SSSR count). The third kappa shape index (κ3) is 6.57. The second-order valence-electron chi connectivity index (χ2n) is 7.59. The summed E-state index contributed by atoms with van der Waals surface area (Å²) in [6, 6.07) is 12.4. The van der Waals surface area contributed by atoms with Gasteiger partial charge in [0.15, 0.2) is 0 Å². The average molecular weight is 639 g/mol. The molecule has 0 bridgehead atoms. The predicted molar refractivity (Wildman–Crippen MR) is 131 cm³/mol. The number of hydrogen-bond donors (Lipinski definition) is 0. The Morgan fingerprint density at radius 2 is 1.38 bits per heavy atom. The fourth-order valence-electron chi connectivity index (χ4n) is 3.71. The van der Waals surface area contributed by atoms with E-state index in [1.807, 2.05) is 18.2 Å². The zero-order valence-electron chi connectivity index (χ0n) is 19.5. The predicted octanol–water partition coefficient (Wildman–Crippen LogP) is 4.69. The van der Waals surface area contributed by atoms with Crippen LogP contribution < -0.4 is 13.4 Å². The number of hydrogen-bond acceptors (Lipinski definition) is 5. The molecule has 2 aromatic carbocycles. The van der Waals surface area contributed by atoms with Gasteiger partial charge in [0.1, 0.15) is 0 Å². The van der Waals surface area contributed by atoms with E-state index in [2.05, 4.69) is 55.7 Å². The van der Waals surface area contributed by atoms with Gasteiger partial charge in [-0.1, -0.05) is 13.8 Å². The Kier molecular flexibility index (Phi) is 10.0. The Balaban J connectivity index is 1.80. The van der Waals surface area contributed by atoms with Crippen LogP contribution in [0.15, 0.2) is 36.4 Å². The molecule has 0 unspecified atom stereocenters. The van der Waals surface area contributed by atoms with Crippen molar-refractivity contribution in [3.05, 3.63) is 36.4 Å². The molecule has 7 heteroatoms. The minimum absolute atomic E-state index is 0.624. The van der Waals surface area contributed by atoms with Gasteiger partial charge in [-0.25, -0.2) is 0 Å². The number of rotatable bonds is 13. The third-order valence-corrected chi connectivity index (χ3v) is 8.26. The molecule has 5 nitrogen and oxygen atoms in total. The van der Waals surface area contributed by atoms with Crippen molar-refractivity contribution in [2.45, 2.75) is 27.7 Å². The Bertz CT molecular complexity index is 1010. The molecule has 0 amide bonds. The molecule has 0 N–H and O–H groups in total. The van der Waals surface area contributed by atoms with Crippen molar-refractivity contribution in [3.63, 3.8) is 0 Å². The normalized spacial score (nSPS) is 11.8. The molecule has 0 aliphatic rings. The summed E-state index contributed by atoms with van der Waals surface area (Å²) in [5.74, 6) is 1.70. The number of benzene rings is 2. The molecule has 0 aliphatic heterocycles. The monoisotopic (exact) mass is 638 g/mol.